The Kier molecular flexibility index (Phi) is 3.00. The topological polar surface area (TPSA) is 57.5 Å². The summed E-state index contributed by atoms with van der Waals surface area (Å²) in [5, 5.41) is 21.5. The fourth-order valence-electron chi connectivity index (χ4n) is 1.65. The van der Waals surface area contributed by atoms with E-state index in [9.17, 15) is 15.0 Å². The number of aliphatic carboxylic acids is 1. The summed E-state index contributed by atoms with van der Waals surface area (Å²) in [4.78, 5) is 11.8. The summed E-state index contributed by atoms with van der Waals surface area (Å²) in [5.41, 5.74) is -0.562. The van der Waals surface area contributed by atoms with Crippen LogP contribution < -0.4 is 0 Å². The molecule has 4 heteroatoms. The molecule has 1 aromatic heterocycles. The van der Waals surface area contributed by atoms with Gasteiger partial charge in [-0.1, -0.05) is 35.9 Å². The summed E-state index contributed by atoms with van der Waals surface area (Å²) in [5.74, 6) is -1.26. The summed E-state index contributed by atoms with van der Waals surface area (Å²) < 4.78 is 0. The van der Waals surface area contributed by atoms with Crippen molar-refractivity contribution in [1.29, 1.82) is 0 Å². The Morgan fingerprint density at radius 1 is 1.24 bits per heavy atom. The molecule has 0 saturated carbocycles. The molecule has 0 aliphatic carbocycles. The predicted molar refractivity (Wildman–Crippen MR) is 66.1 cm³/mol. The van der Waals surface area contributed by atoms with E-state index in [1.54, 1.807) is 41.8 Å². The normalized spacial score (nSPS) is 14.2. The molecule has 17 heavy (non-hydrogen) atoms. The first kappa shape index (κ1) is 11.8. The lowest BCUT2D eigenvalue weighted by atomic mass is 9.91. The van der Waals surface area contributed by atoms with E-state index in [1.807, 2.05) is 6.92 Å². The number of aryl methyl sites for hydroxylation is 1. The van der Waals surface area contributed by atoms with Crippen molar-refractivity contribution in [2.24, 2.45) is 0 Å². The highest BCUT2D eigenvalue weighted by Gasteiger charge is 2.40. The Bertz CT molecular complexity index is 516. The molecule has 2 aromatic rings. The maximum absolute atomic E-state index is 11.4. The molecule has 2 rings (SSSR count). The molecule has 3 nitrogen and oxygen atoms in total. The van der Waals surface area contributed by atoms with Gasteiger partial charge in [0, 0.05) is 5.56 Å². The van der Waals surface area contributed by atoms with E-state index >= 15 is 0 Å². The van der Waals surface area contributed by atoms with Crippen LogP contribution in [0.1, 0.15) is 16.0 Å². The number of benzene rings is 1. The largest absolute Gasteiger partial charge is 0.479 e. The molecular weight excluding hydrogens is 236 g/mol. The Morgan fingerprint density at radius 3 is 2.35 bits per heavy atom. The van der Waals surface area contributed by atoms with Crippen molar-refractivity contribution in [3.63, 3.8) is 0 Å². The Morgan fingerprint density at radius 2 is 1.88 bits per heavy atom. The SMILES string of the molecule is Cc1ccc(C(O)(C(=O)O)c2cccs2)cc1. The molecular formula is C13H12O3S. The van der Waals surface area contributed by atoms with Gasteiger partial charge < -0.3 is 10.2 Å². The van der Waals surface area contributed by atoms with Crippen LogP contribution in [-0.2, 0) is 10.4 Å². The minimum atomic E-state index is -1.96. The molecule has 1 unspecified atom stereocenters. The molecule has 2 N–H and O–H groups in total. The van der Waals surface area contributed by atoms with Gasteiger partial charge in [-0.3, -0.25) is 0 Å². The van der Waals surface area contributed by atoms with Crippen molar-refractivity contribution in [2.75, 3.05) is 0 Å². The fraction of sp³-hybridized carbons (Fsp3) is 0.154. The van der Waals surface area contributed by atoms with Gasteiger partial charge in [-0.05, 0) is 18.4 Å². The van der Waals surface area contributed by atoms with E-state index in [0.717, 1.165) is 5.56 Å². The summed E-state index contributed by atoms with van der Waals surface area (Å²) in [6, 6.07) is 10.2. The number of rotatable bonds is 3. The summed E-state index contributed by atoms with van der Waals surface area (Å²) in [6.45, 7) is 1.91. The second kappa shape index (κ2) is 4.31. The van der Waals surface area contributed by atoms with Crippen LogP contribution in [0.3, 0.4) is 0 Å². The van der Waals surface area contributed by atoms with Crippen LogP contribution in [0.2, 0.25) is 0 Å². The zero-order chi connectivity index (χ0) is 12.5. The zero-order valence-corrected chi connectivity index (χ0v) is 10.1. The number of carboxylic acids is 1. The van der Waals surface area contributed by atoms with Crippen molar-refractivity contribution in [3.8, 4) is 0 Å². The fourth-order valence-corrected chi connectivity index (χ4v) is 2.49. The van der Waals surface area contributed by atoms with E-state index in [-0.39, 0.29) is 0 Å². The van der Waals surface area contributed by atoms with Crippen LogP contribution in [0, 0.1) is 6.92 Å². The molecule has 0 amide bonds. The minimum Gasteiger partial charge on any atom is -0.479 e. The molecule has 1 heterocycles. The van der Waals surface area contributed by atoms with E-state index in [2.05, 4.69) is 0 Å². The highest BCUT2D eigenvalue weighted by Crippen LogP contribution is 2.33. The highest BCUT2D eigenvalue weighted by atomic mass is 32.1. The number of aliphatic hydroxyl groups is 1. The third-order valence-electron chi connectivity index (χ3n) is 2.66. The lowest BCUT2D eigenvalue weighted by Crippen LogP contribution is -2.35. The van der Waals surface area contributed by atoms with Crippen LogP contribution in [0.25, 0.3) is 0 Å². The van der Waals surface area contributed by atoms with Crippen molar-refractivity contribution in [2.45, 2.75) is 12.5 Å². The third kappa shape index (κ3) is 1.97. The van der Waals surface area contributed by atoms with Crippen LogP contribution >= 0.6 is 11.3 Å². The lowest BCUT2D eigenvalue weighted by Gasteiger charge is -2.22. The van der Waals surface area contributed by atoms with E-state index in [0.29, 0.717) is 10.4 Å². The number of thiophene rings is 1. The first-order valence-electron chi connectivity index (χ1n) is 5.12. The third-order valence-corrected chi connectivity index (χ3v) is 3.64. The van der Waals surface area contributed by atoms with Gasteiger partial charge in [-0.25, -0.2) is 4.79 Å². The molecule has 0 fully saturated rings. The molecule has 0 saturated heterocycles. The zero-order valence-electron chi connectivity index (χ0n) is 9.25. The highest BCUT2D eigenvalue weighted by molar-refractivity contribution is 7.10. The van der Waals surface area contributed by atoms with Gasteiger partial charge in [0.15, 0.2) is 0 Å². The van der Waals surface area contributed by atoms with E-state index in [4.69, 9.17) is 0 Å². The minimum absolute atomic E-state index is 0.373. The number of hydrogen-bond donors (Lipinski definition) is 2. The second-order valence-corrected chi connectivity index (χ2v) is 4.81. The average molecular weight is 248 g/mol. The number of hydrogen-bond acceptors (Lipinski definition) is 3. The maximum Gasteiger partial charge on any atom is 0.346 e. The Balaban J connectivity index is 2.56. The molecule has 0 aliphatic rings. The van der Waals surface area contributed by atoms with Gasteiger partial charge >= 0.3 is 5.97 Å². The van der Waals surface area contributed by atoms with Crippen LogP contribution in [0.4, 0.5) is 0 Å². The Labute approximate surface area is 103 Å². The van der Waals surface area contributed by atoms with Gasteiger partial charge in [0.25, 0.3) is 0 Å². The van der Waals surface area contributed by atoms with Gasteiger partial charge in [0.1, 0.15) is 0 Å². The van der Waals surface area contributed by atoms with Crippen molar-refractivity contribution < 1.29 is 15.0 Å². The smallest absolute Gasteiger partial charge is 0.346 e. The number of carbonyl (C=O) groups is 1. The molecule has 88 valence electrons. The summed E-state index contributed by atoms with van der Waals surface area (Å²) >= 11 is 1.23. The predicted octanol–water partition coefficient (Wildman–Crippen LogP) is 2.38. The molecule has 0 spiro atoms. The van der Waals surface area contributed by atoms with Gasteiger partial charge in [0.05, 0.1) is 4.88 Å². The lowest BCUT2D eigenvalue weighted by molar-refractivity contribution is -0.154. The van der Waals surface area contributed by atoms with Crippen molar-refractivity contribution >= 4 is 17.3 Å². The summed E-state index contributed by atoms with van der Waals surface area (Å²) in [6.07, 6.45) is 0. The van der Waals surface area contributed by atoms with E-state index in [1.165, 1.54) is 11.3 Å². The monoisotopic (exact) mass is 248 g/mol. The molecule has 0 radical (unpaired) electrons. The summed E-state index contributed by atoms with van der Waals surface area (Å²) in [7, 11) is 0. The maximum atomic E-state index is 11.4. The van der Waals surface area contributed by atoms with Crippen LogP contribution in [0.5, 0.6) is 0 Å². The van der Waals surface area contributed by atoms with Gasteiger partial charge in [-0.15, -0.1) is 11.3 Å². The van der Waals surface area contributed by atoms with Crippen molar-refractivity contribution in [1.82, 2.24) is 0 Å². The number of carboxylic acid groups (broad SMARTS) is 1. The first-order valence-corrected chi connectivity index (χ1v) is 6.00. The standard InChI is InChI=1S/C13H12O3S/c1-9-4-6-10(7-5-9)13(16,12(14)15)11-3-2-8-17-11/h2-8,16H,1H3,(H,14,15). The molecule has 1 aromatic carbocycles. The quantitative estimate of drug-likeness (QED) is 0.876. The van der Waals surface area contributed by atoms with E-state index < -0.39 is 11.6 Å². The molecule has 0 aliphatic heterocycles. The Hall–Kier alpha value is -1.65. The average Bonchev–Trinajstić information content (AvgIpc) is 2.82. The second-order valence-electron chi connectivity index (χ2n) is 3.86. The van der Waals surface area contributed by atoms with Gasteiger partial charge in [-0.2, -0.15) is 0 Å². The van der Waals surface area contributed by atoms with Crippen LogP contribution in [-0.4, -0.2) is 16.2 Å². The first-order chi connectivity index (χ1) is 8.05. The molecule has 1 atom stereocenters. The van der Waals surface area contributed by atoms with Crippen LogP contribution in [0.15, 0.2) is 41.8 Å². The molecule has 0 bridgehead atoms. The van der Waals surface area contributed by atoms with Crippen molar-refractivity contribution in [3.05, 3.63) is 57.8 Å². The van der Waals surface area contributed by atoms with Gasteiger partial charge in [0.2, 0.25) is 5.60 Å².